The van der Waals surface area contributed by atoms with Crippen molar-refractivity contribution in [2.45, 2.75) is 19.4 Å². The molecule has 0 spiro atoms. The van der Waals surface area contributed by atoms with Crippen LogP contribution in [0.3, 0.4) is 0 Å². The minimum atomic E-state index is 0.616. The molecule has 0 aromatic rings. The van der Waals surface area contributed by atoms with E-state index in [0.29, 0.717) is 6.04 Å². The fourth-order valence-corrected chi connectivity index (χ4v) is 1.35. The molecule has 9 heavy (non-hydrogen) atoms. The lowest BCUT2D eigenvalue weighted by Crippen LogP contribution is -2.25. The quantitative estimate of drug-likeness (QED) is 0.590. The Bertz CT molecular complexity index is 83.0. The zero-order chi connectivity index (χ0) is 6.69. The molecule has 2 nitrogen and oxygen atoms in total. The van der Waals surface area contributed by atoms with Crippen LogP contribution >= 0.6 is 0 Å². The zero-order valence-electron chi connectivity index (χ0n) is 6.18. The Hall–Kier alpha value is -0.0800. The minimum absolute atomic E-state index is 0.616. The maximum absolute atomic E-state index is 5.01. The lowest BCUT2D eigenvalue weighted by molar-refractivity contribution is 0.172. The average molecular weight is 129 g/mol. The summed E-state index contributed by atoms with van der Waals surface area (Å²) in [6.07, 6.45) is 1.27. The van der Waals surface area contributed by atoms with Crippen LogP contribution in [0.25, 0.3) is 0 Å². The molecule has 54 valence electrons. The molecule has 1 N–H and O–H groups in total. The summed E-state index contributed by atoms with van der Waals surface area (Å²) >= 11 is 0. The highest BCUT2D eigenvalue weighted by Crippen LogP contribution is 2.11. The topological polar surface area (TPSA) is 21.3 Å². The van der Waals surface area contributed by atoms with Gasteiger partial charge in [-0.15, -0.1) is 0 Å². The summed E-state index contributed by atoms with van der Waals surface area (Å²) in [5, 5.41) is 3.38. The number of rotatable bonds is 2. The first-order valence-electron chi connectivity index (χ1n) is 3.55. The van der Waals surface area contributed by atoms with Crippen LogP contribution in [0.5, 0.6) is 0 Å². The summed E-state index contributed by atoms with van der Waals surface area (Å²) in [6, 6.07) is 0.616. The molecule has 0 aliphatic carbocycles. The number of ether oxygens (including phenoxy) is 1. The molecule has 0 aromatic carbocycles. The van der Waals surface area contributed by atoms with E-state index in [1.54, 1.807) is 7.11 Å². The van der Waals surface area contributed by atoms with Crippen molar-refractivity contribution in [2.75, 3.05) is 20.3 Å². The van der Waals surface area contributed by atoms with Crippen LogP contribution in [0.1, 0.15) is 13.3 Å². The van der Waals surface area contributed by atoms with Gasteiger partial charge in [-0.2, -0.15) is 0 Å². The maximum atomic E-state index is 5.01. The van der Waals surface area contributed by atoms with Gasteiger partial charge >= 0.3 is 0 Å². The molecule has 0 saturated carbocycles. The van der Waals surface area contributed by atoms with E-state index < -0.39 is 0 Å². The lowest BCUT2D eigenvalue weighted by Gasteiger charge is -2.06. The molecule has 1 heterocycles. The number of methoxy groups -OCH3 is 1. The molecule has 1 fully saturated rings. The Balaban J connectivity index is 2.14. The van der Waals surface area contributed by atoms with Gasteiger partial charge < -0.3 is 10.1 Å². The molecule has 1 saturated heterocycles. The summed E-state index contributed by atoms with van der Waals surface area (Å²) in [4.78, 5) is 0. The van der Waals surface area contributed by atoms with Gasteiger partial charge in [-0.3, -0.25) is 0 Å². The molecular weight excluding hydrogens is 114 g/mol. The predicted molar refractivity (Wildman–Crippen MR) is 37.4 cm³/mol. The van der Waals surface area contributed by atoms with Crippen molar-refractivity contribution in [3.8, 4) is 0 Å². The lowest BCUT2D eigenvalue weighted by atomic mass is 10.1. The van der Waals surface area contributed by atoms with Gasteiger partial charge in [0.25, 0.3) is 0 Å². The van der Waals surface area contributed by atoms with Crippen LogP contribution < -0.4 is 5.32 Å². The van der Waals surface area contributed by atoms with Gasteiger partial charge in [-0.05, 0) is 18.9 Å². The summed E-state index contributed by atoms with van der Waals surface area (Å²) in [5.41, 5.74) is 0. The van der Waals surface area contributed by atoms with Crippen LogP contribution in [-0.4, -0.2) is 26.3 Å². The number of nitrogens with one attached hydrogen (secondary N) is 1. The van der Waals surface area contributed by atoms with Crippen LogP contribution in [0, 0.1) is 5.92 Å². The summed E-state index contributed by atoms with van der Waals surface area (Å²) in [7, 11) is 1.75. The first-order valence-corrected chi connectivity index (χ1v) is 3.55. The van der Waals surface area contributed by atoms with E-state index >= 15 is 0 Å². The third-order valence-electron chi connectivity index (χ3n) is 1.81. The molecule has 2 atom stereocenters. The van der Waals surface area contributed by atoms with E-state index in [4.69, 9.17) is 4.74 Å². The van der Waals surface area contributed by atoms with Gasteiger partial charge in [0.1, 0.15) is 0 Å². The molecule has 1 aliphatic heterocycles. The third-order valence-corrected chi connectivity index (χ3v) is 1.81. The normalized spacial score (nSPS) is 35.3. The van der Waals surface area contributed by atoms with Crippen molar-refractivity contribution in [3.63, 3.8) is 0 Å². The second-order valence-corrected chi connectivity index (χ2v) is 2.90. The Labute approximate surface area is 56.6 Å². The second-order valence-electron chi connectivity index (χ2n) is 2.90. The zero-order valence-corrected chi connectivity index (χ0v) is 6.18. The SMILES string of the molecule is COC[C@H]1C[C@H](C)CN1. The van der Waals surface area contributed by atoms with E-state index in [9.17, 15) is 0 Å². The second kappa shape index (κ2) is 3.18. The summed E-state index contributed by atoms with van der Waals surface area (Å²) in [5.74, 6) is 0.838. The van der Waals surface area contributed by atoms with Crippen molar-refractivity contribution >= 4 is 0 Å². The average Bonchev–Trinajstić information content (AvgIpc) is 2.17. The largest absolute Gasteiger partial charge is 0.383 e. The Morgan fingerprint density at radius 3 is 2.89 bits per heavy atom. The fourth-order valence-electron chi connectivity index (χ4n) is 1.35. The Morgan fingerprint density at radius 1 is 1.67 bits per heavy atom. The highest BCUT2D eigenvalue weighted by atomic mass is 16.5. The molecule has 1 rings (SSSR count). The van der Waals surface area contributed by atoms with E-state index in [0.717, 1.165) is 19.1 Å². The van der Waals surface area contributed by atoms with E-state index in [-0.39, 0.29) is 0 Å². The predicted octanol–water partition coefficient (Wildman–Crippen LogP) is 0.631. The highest BCUT2D eigenvalue weighted by molar-refractivity contribution is 4.78. The number of hydrogen-bond acceptors (Lipinski definition) is 2. The van der Waals surface area contributed by atoms with Crippen LogP contribution in [0.15, 0.2) is 0 Å². The molecule has 0 amide bonds. The van der Waals surface area contributed by atoms with Crippen molar-refractivity contribution in [1.82, 2.24) is 5.32 Å². The smallest absolute Gasteiger partial charge is 0.0615 e. The maximum Gasteiger partial charge on any atom is 0.0615 e. The van der Waals surface area contributed by atoms with Gasteiger partial charge in [0.2, 0.25) is 0 Å². The van der Waals surface area contributed by atoms with Crippen molar-refractivity contribution in [1.29, 1.82) is 0 Å². The van der Waals surface area contributed by atoms with E-state index in [1.165, 1.54) is 6.42 Å². The van der Waals surface area contributed by atoms with Gasteiger partial charge in [0.05, 0.1) is 6.61 Å². The minimum Gasteiger partial charge on any atom is -0.383 e. The molecule has 1 aliphatic rings. The van der Waals surface area contributed by atoms with E-state index in [1.807, 2.05) is 0 Å². The first kappa shape index (κ1) is 7.03. The van der Waals surface area contributed by atoms with Crippen LogP contribution in [0.2, 0.25) is 0 Å². The molecule has 0 radical (unpaired) electrons. The van der Waals surface area contributed by atoms with E-state index in [2.05, 4.69) is 12.2 Å². The molecule has 0 aromatic heterocycles. The molecule has 2 heteroatoms. The summed E-state index contributed by atoms with van der Waals surface area (Å²) < 4.78 is 5.01. The van der Waals surface area contributed by atoms with Crippen molar-refractivity contribution in [3.05, 3.63) is 0 Å². The highest BCUT2D eigenvalue weighted by Gasteiger charge is 2.19. The summed E-state index contributed by atoms with van der Waals surface area (Å²) in [6.45, 7) is 4.29. The Kier molecular flexibility index (Phi) is 2.49. The molecule has 0 unspecified atom stereocenters. The van der Waals surface area contributed by atoms with Crippen LogP contribution in [-0.2, 0) is 4.74 Å². The van der Waals surface area contributed by atoms with Gasteiger partial charge in [-0.1, -0.05) is 6.92 Å². The van der Waals surface area contributed by atoms with Crippen LogP contribution in [0.4, 0.5) is 0 Å². The fraction of sp³-hybridized carbons (Fsp3) is 1.00. The monoisotopic (exact) mass is 129 g/mol. The van der Waals surface area contributed by atoms with Gasteiger partial charge in [-0.25, -0.2) is 0 Å². The third kappa shape index (κ3) is 1.95. The Morgan fingerprint density at radius 2 is 2.44 bits per heavy atom. The molecule has 0 bridgehead atoms. The number of hydrogen-bond donors (Lipinski definition) is 1. The van der Waals surface area contributed by atoms with Crippen molar-refractivity contribution in [2.24, 2.45) is 5.92 Å². The first-order chi connectivity index (χ1) is 4.33. The van der Waals surface area contributed by atoms with Gasteiger partial charge in [0.15, 0.2) is 0 Å². The standard InChI is InChI=1S/C7H15NO/c1-6-3-7(5-9-2)8-4-6/h6-8H,3-5H2,1-2H3/t6-,7+/m0/s1. The molecular formula is C7H15NO. The van der Waals surface area contributed by atoms with Gasteiger partial charge in [0, 0.05) is 13.2 Å². The van der Waals surface area contributed by atoms with Crippen molar-refractivity contribution < 1.29 is 4.74 Å².